The molecule has 36 heavy (non-hydrogen) atoms. The molecule has 1 aromatic carbocycles. The minimum Gasteiger partial charge on any atom is -0.505 e. The number of aromatic nitrogens is 2. The Morgan fingerprint density at radius 3 is 2.25 bits per heavy atom. The van der Waals surface area contributed by atoms with Crippen molar-refractivity contribution in [3.05, 3.63) is 40.5 Å². The van der Waals surface area contributed by atoms with E-state index < -0.39 is 9.84 Å². The van der Waals surface area contributed by atoms with Gasteiger partial charge >= 0.3 is 0 Å². The molecule has 2 heterocycles. The molecule has 1 aliphatic carbocycles. The van der Waals surface area contributed by atoms with Gasteiger partial charge in [-0.15, -0.1) is 24.8 Å². The predicted octanol–water partition coefficient (Wildman–Crippen LogP) is 6.09. The van der Waals surface area contributed by atoms with Gasteiger partial charge < -0.3 is 15.3 Å². The summed E-state index contributed by atoms with van der Waals surface area (Å²) in [7, 11) is 0.628. The summed E-state index contributed by atoms with van der Waals surface area (Å²) in [6.07, 6.45) is 6.64. The number of hydrogen-bond acceptors (Lipinski definition) is 7. The standard InChI is InChI=1S/C24H28Cl2N4O3S.2ClH/c1-30(2)13-14-4-6-16(7-5-14)28-23-21(34(3,32)33)12-27-20-9-8-19(29-22(20)23)15-10-17(25)24(31)18(26)11-15;;/h8-12,14,16,31H,4-7,13H2,1-3H3,(H,27,28);2*1H. The number of aromatic hydroxyl groups is 1. The number of pyridine rings is 2. The molecule has 2 aromatic heterocycles. The van der Waals surface area contributed by atoms with Gasteiger partial charge in [0.15, 0.2) is 15.6 Å². The van der Waals surface area contributed by atoms with Crippen molar-refractivity contribution in [2.45, 2.75) is 36.6 Å². The van der Waals surface area contributed by atoms with Crippen molar-refractivity contribution in [3.8, 4) is 17.0 Å². The minimum absolute atomic E-state index is 0. The highest BCUT2D eigenvalue weighted by atomic mass is 35.5. The van der Waals surface area contributed by atoms with Crippen LogP contribution in [0.15, 0.2) is 35.4 Å². The zero-order chi connectivity index (χ0) is 24.6. The van der Waals surface area contributed by atoms with Crippen LogP contribution >= 0.6 is 48.0 Å². The van der Waals surface area contributed by atoms with E-state index in [2.05, 4.69) is 29.3 Å². The Kier molecular flexibility index (Phi) is 10.5. The predicted molar refractivity (Wildman–Crippen MR) is 152 cm³/mol. The van der Waals surface area contributed by atoms with Crippen molar-refractivity contribution in [1.29, 1.82) is 0 Å². The summed E-state index contributed by atoms with van der Waals surface area (Å²) in [5, 5.41) is 13.6. The summed E-state index contributed by atoms with van der Waals surface area (Å²) < 4.78 is 25.2. The number of nitrogens with one attached hydrogen (secondary N) is 1. The fraction of sp³-hybridized carbons (Fsp3) is 0.417. The molecule has 1 fully saturated rings. The summed E-state index contributed by atoms with van der Waals surface area (Å²) >= 11 is 12.2. The molecule has 1 saturated carbocycles. The first-order chi connectivity index (χ1) is 16.0. The van der Waals surface area contributed by atoms with Crippen LogP contribution < -0.4 is 5.32 Å². The lowest BCUT2D eigenvalue weighted by Crippen LogP contribution is -2.31. The van der Waals surface area contributed by atoms with E-state index in [4.69, 9.17) is 28.2 Å². The average Bonchev–Trinajstić information content (AvgIpc) is 2.77. The highest BCUT2D eigenvalue weighted by Gasteiger charge is 2.25. The fourth-order valence-electron chi connectivity index (χ4n) is 4.55. The molecule has 0 aliphatic heterocycles. The Hall–Kier alpha value is -1.55. The number of sulfone groups is 1. The van der Waals surface area contributed by atoms with Crippen LogP contribution in [0.1, 0.15) is 25.7 Å². The van der Waals surface area contributed by atoms with Crippen LogP contribution in [0.3, 0.4) is 0 Å². The Morgan fingerprint density at radius 1 is 1.08 bits per heavy atom. The highest BCUT2D eigenvalue weighted by molar-refractivity contribution is 7.90. The van der Waals surface area contributed by atoms with Crippen molar-refractivity contribution in [1.82, 2.24) is 14.9 Å². The van der Waals surface area contributed by atoms with E-state index in [1.54, 1.807) is 24.3 Å². The van der Waals surface area contributed by atoms with Crippen LogP contribution in [0.5, 0.6) is 5.75 Å². The summed E-state index contributed by atoms with van der Waals surface area (Å²) in [6, 6.07) is 6.85. The molecule has 3 aromatic rings. The van der Waals surface area contributed by atoms with Crippen molar-refractivity contribution < 1.29 is 13.5 Å². The third-order valence-electron chi connectivity index (χ3n) is 6.21. The topological polar surface area (TPSA) is 95.4 Å². The van der Waals surface area contributed by atoms with Crippen molar-refractivity contribution in [2.24, 2.45) is 5.92 Å². The molecule has 0 saturated heterocycles. The van der Waals surface area contributed by atoms with E-state index in [0.717, 1.165) is 32.2 Å². The number of nitrogens with zero attached hydrogens (tertiary/aromatic N) is 3. The number of benzene rings is 1. The van der Waals surface area contributed by atoms with Gasteiger partial charge in [-0.3, -0.25) is 4.98 Å². The van der Waals surface area contributed by atoms with Gasteiger partial charge in [0.05, 0.1) is 26.9 Å². The monoisotopic (exact) mass is 594 g/mol. The largest absolute Gasteiger partial charge is 0.505 e. The Bertz CT molecular complexity index is 1310. The fourth-order valence-corrected chi connectivity index (χ4v) is 5.81. The molecule has 0 radical (unpaired) electrons. The smallest absolute Gasteiger partial charge is 0.179 e. The molecule has 0 unspecified atom stereocenters. The van der Waals surface area contributed by atoms with Crippen molar-refractivity contribution in [3.63, 3.8) is 0 Å². The number of anilines is 1. The molecule has 0 atom stereocenters. The van der Waals surface area contributed by atoms with Crippen LogP contribution in [0.2, 0.25) is 10.0 Å². The van der Waals surface area contributed by atoms with Gasteiger partial charge in [-0.25, -0.2) is 13.4 Å². The zero-order valence-electron chi connectivity index (χ0n) is 20.2. The van der Waals surface area contributed by atoms with Crippen LogP contribution in [0, 0.1) is 5.92 Å². The minimum atomic E-state index is -3.55. The molecule has 0 amide bonds. The lowest BCUT2D eigenvalue weighted by atomic mass is 9.85. The van der Waals surface area contributed by atoms with E-state index in [0.29, 0.717) is 33.9 Å². The van der Waals surface area contributed by atoms with E-state index in [1.807, 2.05) is 0 Å². The Balaban J connectivity index is 0.00000228. The highest BCUT2D eigenvalue weighted by Crippen LogP contribution is 2.38. The molecule has 198 valence electrons. The summed E-state index contributed by atoms with van der Waals surface area (Å²) in [6.45, 7) is 1.06. The second-order valence-corrected chi connectivity index (χ2v) is 12.0. The number of halogens is 4. The van der Waals surface area contributed by atoms with Gasteiger partial charge in [-0.05, 0) is 70.0 Å². The van der Waals surface area contributed by atoms with E-state index in [-0.39, 0.29) is 51.5 Å². The van der Waals surface area contributed by atoms with Gasteiger partial charge in [0.1, 0.15) is 10.4 Å². The molecule has 2 N–H and O–H groups in total. The van der Waals surface area contributed by atoms with Gasteiger partial charge in [-0.1, -0.05) is 23.2 Å². The SMILES string of the molecule is CN(C)CC1CCC(Nc2c(S(C)(=O)=O)cnc3ccc(-c4cc(Cl)c(O)c(Cl)c4)nc23)CC1.Cl.Cl. The first kappa shape index (κ1) is 30.7. The number of rotatable bonds is 6. The first-order valence-electron chi connectivity index (χ1n) is 11.1. The average molecular weight is 596 g/mol. The first-order valence-corrected chi connectivity index (χ1v) is 13.8. The maximum Gasteiger partial charge on any atom is 0.179 e. The quantitative estimate of drug-likeness (QED) is 0.356. The van der Waals surface area contributed by atoms with Gasteiger partial charge in [0.2, 0.25) is 0 Å². The normalized spacial score (nSPS) is 17.9. The second kappa shape index (κ2) is 12.3. The molecule has 0 spiro atoms. The maximum absolute atomic E-state index is 12.6. The molecule has 7 nitrogen and oxygen atoms in total. The number of phenols is 1. The Morgan fingerprint density at radius 2 is 1.69 bits per heavy atom. The Labute approximate surface area is 234 Å². The van der Waals surface area contributed by atoms with Gasteiger partial charge in [0.25, 0.3) is 0 Å². The molecule has 0 bridgehead atoms. The summed E-state index contributed by atoms with van der Waals surface area (Å²) in [5.41, 5.74) is 2.67. The van der Waals surface area contributed by atoms with Gasteiger partial charge in [0, 0.05) is 30.6 Å². The lowest BCUT2D eigenvalue weighted by molar-refractivity contribution is 0.255. The van der Waals surface area contributed by atoms with E-state index in [1.165, 1.54) is 12.5 Å². The molecule has 1 aliphatic rings. The third-order valence-corrected chi connectivity index (χ3v) is 7.89. The summed E-state index contributed by atoms with van der Waals surface area (Å²) in [5.74, 6) is 0.450. The van der Waals surface area contributed by atoms with Crippen LogP contribution in [-0.4, -0.2) is 61.3 Å². The molecule has 4 rings (SSSR count). The van der Waals surface area contributed by atoms with Crippen LogP contribution in [0.4, 0.5) is 5.69 Å². The second-order valence-electron chi connectivity index (χ2n) is 9.25. The maximum atomic E-state index is 12.6. The number of hydrogen-bond donors (Lipinski definition) is 2. The lowest BCUT2D eigenvalue weighted by Gasteiger charge is -2.31. The molecular weight excluding hydrogens is 566 g/mol. The van der Waals surface area contributed by atoms with Crippen LogP contribution in [0.25, 0.3) is 22.3 Å². The van der Waals surface area contributed by atoms with Gasteiger partial charge in [-0.2, -0.15) is 0 Å². The van der Waals surface area contributed by atoms with E-state index in [9.17, 15) is 13.5 Å². The summed E-state index contributed by atoms with van der Waals surface area (Å²) in [4.78, 5) is 11.4. The van der Waals surface area contributed by atoms with Crippen LogP contribution in [-0.2, 0) is 9.84 Å². The number of fused-ring (bicyclic) bond motifs is 1. The molecule has 12 heteroatoms. The van der Waals surface area contributed by atoms with E-state index >= 15 is 0 Å². The molecular formula is C24H30Cl4N4O3S. The number of phenolic OH excluding ortho intramolecular Hbond substituents is 1. The van der Waals surface area contributed by atoms with Crippen molar-refractivity contribution in [2.75, 3.05) is 32.2 Å². The third kappa shape index (κ3) is 6.85. The zero-order valence-corrected chi connectivity index (χ0v) is 24.1. The van der Waals surface area contributed by atoms with Crippen molar-refractivity contribution >= 4 is 74.6 Å².